The Labute approximate surface area is 108 Å². The number of hydrogen-bond donors (Lipinski definition) is 1. The molecule has 0 amide bonds. The summed E-state index contributed by atoms with van der Waals surface area (Å²) in [6.45, 7) is 7.65. The normalized spacial score (nSPS) is 12.3. The lowest BCUT2D eigenvalue weighted by atomic mass is 10.1. The zero-order valence-corrected chi connectivity index (χ0v) is 11.6. The molecule has 94 valence electrons. The van der Waals surface area contributed by atoms with Crippen molar-refractivity contribution in [3.05, 3.63) is 21.9 Å². The van der Waals surface area contributed by atoms with Gasteiger partial charge in [0.05, 0.1) is 24.1 Å². The molecule has 0 saturated heterocycles. The third-order valence-electron chi connectivity index (χ3n) is 2.29. The molecule has 0 aliphatic rings. The van der Waals surface area contributed by atoms with Crippen LogP contribution < -0.4 is 5.73 Å². The summed E-state index contributed by atoms with van der Waals surface area (Å²) in [6, 6.07) is 4.10. The lowest BCUT2D eigenvalue weighted by molar-refractivity contribution is 0.0412. The molecule has 2 nitrogen and oxygen atoms in total. The summed E-state index contributed by atoms with van der Waals surface area (Å²) >= 11 is 1.68. The molecule has 0 aliphatic heterocycles. The molecule has 2 N–H and O–H groups in total. The summed E-state index contributed by atoms with van der Waals surface area (Å²) in [5.41, 5.74) is 5.33. The van der Waals surface area contributed by atoms with Gasteiger partial charge in [-0.1, -0.05) is 25.7 Å². The Balaban J connectivity index is 2.39. The van der Waals surface area contributed by atoms with Gasteiger partial charge in [0.2, 0.25) is 0 Å². The maximum Gasteiger partial charge on any atom is 0.0813 e. The number of thiophene rings is 1. The summed E-state index contributed by atoms with van der Waals surface area (Å²) in [6.07, 6.45) is 1.42. The molecule has 0 bridgehead atoms. The van der Waals surface area contributed by atoms with Crippen LogP contribution in [0.2, 0.25) is 0 Å². The minimum atomic E-state index is 0.315. The Morgan fingerprint density at radius 2 is 2.12 bits per heavy atom. The van der Waals surface area contributed by atoms with Gasteiger partial charge in [-0.25, -0.2) is 0 Å². The van der Waals surface area contributed by atoms with Gasteiger partial charge in [-0.05, 0) is 31.4 Å². The second kappa shape index (κ2) is 7.50. The monoisotopic (exact) mass is 251 g/mol. The third-order valence-corrected chi connectivity index (χ3v) is 3.26. The molecule has 1 unspecified atom stereocenters. The highest BCUT2D eigenvalue weighted by Crippen LogP contribution is 2.18. The molecular weight excluding hydrogens is 230 g/mol. The van der Waals surface area contributed by atoms with Crippen LogP contribution in [-0.4, -0.2) is 12.6 Å². The van der Waals surface area contributed by atoms with E-state index < -0.39 is 0 Å². The van der Waals surface area contributed by atoms with E-state index in [1.54, 1.807) is 11.3 Å². The van der Waals surface area contributed by atoms with Crippen LogP contribution in [-0.2, 0) is 11.3 Å². The van der Waals surface area contributed by atoms with Crippen molar-refractivity contribution in [3.63, 3.8) is 0 Å². The first-order chi connectivity index (χ1) is 8.11. The maximum absolute atomic E-state index is 5.79. The third kappa shape index (κ3) is 5.88. The lowest BCUT2D eigenvalue weighted by Crippen LogP contribution is -2.10. The summed E-state index contributed by atoms with van der Waals surface area (Å²) in [4.78, 5) is 2.28. The average molecular weight is 251 g/mol. The standard InChI is InChI=1S/C14H21NOS/c1-11(2)9-12(3)16-10-14-7-6-13(17-14)5-4-8-15/h6-7,11-12H,8-10,15H2,1-3H3. The number of rotatable bonds is 5. The van der Waals surface area contributed by atoms with Crippen LogP contribution in [0.15, 0.2) is 12.1 Å². The molecule has 0 aliphatic carbocycles. The first-order valence-corrected chi connectivity index (χ1v) is 6.82. The fourth-order valence-electron chi connectivity index (χ4n) is 1.62. The van der Waals surface area contributed by atoms with E-state index in [0.717, 1.165) is 11.3 Å². The molecule has 0 spiro atoms. The predicted molar refractivity (Wildman–Crippen MR) is 74.0 cm³/mol. The highest BCUT2D eigenvalue weighted by Gasteiger charge is 2.06. The van der Waals surface area contributed by atoms with Gasteiger partial charge in [0.1, 0.15) is 0 Å². The van der Waals surface area contributed by atoms with Crippen molar-refractivity contribution in [3.8, 4) is 11.8 Å². The van der Waals surface area contributed by atoms with Crippen molar-refractivity contribution in [2.24, 2.45) is 11.7 Å². The van der Waals surface area contributed by atoms with Gasteiger partial charge in [0.25, 0.3) is 0 Å². The zero-order chi connectivity index (χ0) is 12.7. The molecule has 17 heavy (non-hydrogen) atoms. The smallest absolute Gasteiger partial charge is 0.0813 e. The largest absolute Gasteiger partial charge is 0.373 e. The minimum Gasteiger partial charge on any atom is -0.373 e. The van der Waals surface area contributed by atoms with Crippen molar-refractivity contribution in [1.29, 1.82) is 0 Å². The van der Waals surface area contributed by atoms with Crippen molar-refractivity contribution in [1.82, 2.24) is 0 Å². The number of ether oxygens (including phenoxy) is 1. The lowest BCUT2D eigenvalue weighted by Gasteiger charge is -2.14. The number of hydrogen-bond acceptors (Lipinski definition) is 3. The van der Waals surface area contributed by atoms with E-state index in [1.807, 2.05) is 6.07 Å². The van der Waals surface area contributed by atoms with Crippen molar-refractivity contribution in [2.75, 3.05) is 6.54 Å². The Morgan fingerprint density at radius 1 is 1.35 bits per heavy atom. The van der Waals surface area contributed by atoms with Crippen LogP contribution in [0.4, 0.5) is 0 Å². The van der Waals surface area contributed by atoms with E-state index >= 15 is 0 Å². The van der Waals surface area contributed by atoms with Crippen LogP contribution in [0.25, 0.3) is 0 Å². The zero-order valence-electron chi connectivity index (χ0n) is 10.8. The van der Waals surface area contributed by atoms with E-state index in [4.69, 9.17) is 10.5 Å². The van der Waals surface area contributed by atoms with Gasteiger partial charge in [-0.3, -0.25) is 0 Å². The van der Waals surface area contributed by atoms with E-state index in [2.05, 4.69) is 38.7 Å². The van der Waals surface area contributed by atoms with Gasteiger partial charge >= 0.3 is 0 Å². The summed E-state index contributed by atoms with van der Waals surface area (Å²) in [5, 5.41) is 0. The van der Waals surface area contributed by atoms with Gasteiger partial charge in [-0.2, -0.15) is 0 Å². The van der Waals surface area contributed by atoms with E-state index in [-0.39, 0.29) is 0 Å². The van der Waals surface area contributed by atoms with E-state index in [1.165, 1.54) is 4.88 Å². The van der Waals surface area contributed by atoms with Gasteiger partial charge in [0.15, 0.2) is 0 Å². The van der Waals surface area contributed by atoms with E-state index in [0.29, 0.717) is 25.2 Å². The van der Waals surface area contributed by atoms with Crippen LogP contribution >= 0.6 is 11.3 Å². The molecule has 1 aromatic rings. The molecule has 0 radical (unpaired) electrons. The maximum atomic E-state index is 5.79. The van der Waals surface area contributed by atoms with Crippen LogP contribution in [0.5, 0.6) is 0 Å². The fourth-order valence-corrected chi connectivity index (χ4v) is 2.42. The van der Waals surface area contributed by atoms with Crippen LogP contribution in [0.1, 0.15) is 36.9 Å². The molecule has 0 saturated carbocycles. The molecule has 1 rings (SSSR count). The summed E-state index contributed by atoms with van der Waals surface area (Å²) in [7, 11) is 0. The van der Waals surface area contributed by atoms with Gasteiger partial charge < -0.3 is 10.5 Å². The van der Waals surface area contributed by atoms with E-state index in [9.17, 15) is 0 Å². The molecule has 1 atom stereocenters. The quantitative estimate of drug-likeness (QED) is 0.816. The highest BCUT2D eigenvalue weighted by molar-refractivity contribution is 7.12. The first kappa shape index (κ1) is 14.2. The Bertz CT molecular complexity index is 386. The first-order valence-electron chi connectivity index (χ1n) is 6.01. The fraction of sp³-hybridized carbons (Fsp3) is 0.571. The minimum absolute atomic E-state index is 0.315. The van der Waals surface area contributed by atoms with Crippen LogP contribution in [0.3, 0.4) is 0 Å². The Kier molecular flexibility index (Phi) is 6.28. The predicted octanol–water partition coefficient (Wildman–Crippen LogP) is 3.01. The second-order valence-corrected chi connectivity index (χ2v) is 5.69. The van der Waals surface area contributed by atoms with Crippen molar-refractivity contribution >= 4 is 11.3 Å². The van der Waals surface area contributed by atoms with Crippen molar-refractivity contribution < 1.29 is 4.74 Å². The molecule has 1 heterocycles. The second-order valence-electron chi connectivity index (χ2n) is 4.52. The molecule has 3 heteroatoms. The summed E-state index contributed by atoms with van der Waals surface area (Å²) < 4.78 is 5.79. The summed E-state index contributed by atoms with van der Waals surface area (Å²) in [5.74, 6) is 6.57. The number of nitrogens with two attached hydrogens (primary N) is 1. The Hall–Kier alpha value is -0.820. The van der Waals surface area contributed by atoms with Crippen LogP contribution in [0, 0.1) is 17.8 Å². The SMILES string of the molecule is CC(C)CC(C)OCc1ccc(C#CCN)s1. The average Bonchev–Trinajstić information content (AvgIpc) is 2.70. The highest BCUT2D eigenvalue weighted by atomic mass is 32.1. The van der Waals surface area contributed by atoms with Gasteiger partial charge in [0, 0.05) is 4.88 Å². The Morgan fingerprint density at radius 3 is 2.76 bits per heavy atom. The topological polar surface area (TPSA) is 35.2 Å². The molecule has 1 aromatic heterocycles. The van der Waals surface area contributed by atoms with Gasteiger partial charge in [-0.15, -0.1) is 11.3 Å². The molecule has 0 aromatic carbocycles. The van der Waals surface area contributed by atoms with Crippen molar-refractivity contribution in [2.45, 2.75) is 39.9 Å². The molecular formula is C14H21NOS. The molecule has 0 fully saturated rings.